The second-order valence-electron chi connectivity index (χ2n) is 30.3. The van der Waals surface area contributed by atoms with Gasteiger partial charge in [0.25, 0.3) is 0 Å². The van der Waals surface area contributed by atoms with E-state index in [-0.39, 0.29) is 19.3 Å². The molecule has 676 valence electrons. The van der Waals surface area contributed by atoms with Crippen molar-refractivity contribution in [1.29, 1.82) is 0 Å². The largest absolute Gasteiger partial charge is 0.472 e. The van der Waals surface area contributed by atoms with Crippen LogP contribution in [0.15, 0.2) is 207 Å². The topological polar surface area (TPSA) is 231 Å². The zero-order chi connectivity index (χ0) is 86.5. The molecule has 0 aliphatic carbocycles. The molecule has 0 heterocycles. The molecule has 0 spiro atoms. The second-order valence-corrected chi connectivity index (χ2v) is 33.2. The molecular formula is C101H166O16P2. The molecular weight excluding hydrogens is 1530 g/mol. The van der Waals surface area contributed by atoms with Crippen molar-refractivity contribution in [2.45, 2.75) is 373 Å². The lowest BCUT2D eigenvalue weighted by molar-refractivity contribution is -0.161. The standard InChI is InChI=1S/C101H166O16P2/c1-4-7-10-13-16-19-22-25-28-31-34-37-40-42-43-44-45-46-47-48-49-50-51-53-56-57-60-63-66-69-72-75-78-81-84-87-99(104)111-90-96(102)91-113-118(107,108)114-92-97(103)93-115-119(109,110)116-95-98(117-101(106)89-86-83-80-77-74-71-68-65-62-59-54-39-36-33-30-27-24-21-18-15-12-9-6-3)94-112-100(105)88-85-82-79-76-73-70-67-64-61-58-55-52-41-38-35-32-29-26-23-20-17-14-11-8-5-2/h7-12,16-21,25-30,34-39,42-43,45-46,52,55,59,61-62,64,96-98,102-103H,4-6,13-15,22-24,31-33,40-41,44,47-51,53-54,56-58,60,63,65-95H2,1-3H3,(H,107,108)(H,109,110)/b10-7-,11-8-,12-9-,19-16-,20-17-,21-18-,28-25-,29-26-,30-27-,37-34-,38-35-,39-36-,43-42-,46-45-,55-52-,62-59-,64-61-. The Morgan fingerprint density at radius 1 is 0.235 bits per heavy atom. The monoisotopic (exact) mass is 1700 g/mol. The minimum Gasteiger partial charge on any atom is -0.463 e. The van der Waals surface area contributed by atoms with Crippen molar-refractivity contribution in [3.63, 3.8) is 0 Å². The predicted molar refractivity (Wildman–Crippen MR) is 500 cm³/mol. The van der Waals surface area contributed by atoms with Crippen molar-refractivity contribution in [1.82, 2.24) is 0 Å². The van der Waals surface area contributed by atoms with Crippen LogP contribution in [0, 0.1) is 0 Å². The molecule has 5 unspecified atom stereocenters. The fraction of sp³-hybridized carbons (Fsp3) is 0.634. The number of unbranched alkanes of at least 4 members (excludes halogenated alkanes) is 29. The Kier molecular flexibility index (Phi) is 86.8. The van der Waals surface area contributed by atoms with E-state index in [1.54, 1.807) is 0 Å². The van der Waals surface area contributed by atoms with Crippen molar-refractivity contribution < 1.29 is 75.8 Å². The Hall–Kier alpha value is -5.87. The lowest BCUT2D eigenvalue weighted by atomic mass is 10.0. The fourth-order valence-electron chi connectivity index (χ4n) is 12.1. The SMILES string of the molecule is CC/C=C\C/C=C\C/C=C\C/C=C\C/C=C\C/C=C\CCCCCCCCCCCCCCCCCCC(=O)OCC(O)COP(=O)(O)OCC(O)COP(=O)(O)OCC(COC(=O)CCCCCCCC/C=C\C/C=C\C/C=C\C/C=C\C/C=C\C/C=C\CC)OC(=O)CCCCCCCCC/C=C\C/C=C\C/C=C\C/C=C\C/C=C\CC. The third kappa shape index (κ3) is 92.7. The van der Waals surface area contributed by atoms with Gasteiger partial charge in [0.2, 0.25) is 0 Å². The van der Waals surface area contributed by atoms with E-state index in [0.29, 0.717) is 19.3 Å². The van der Waals surface area contributed by atoms with Crippen molar-refractivity contribution in [2.75, 3.05) is 39.6 Å². The highest BCUT2D eigenvalue weighted by atomic mass is 31.2. The quantitative estimate of drug-likeness (QED) is 0.0146. The first kappa shape index (κ1) is 113. The zero-order valence-corrected chi connectivity index (χ0v) is 76.2. The molecule has 0 aromatic carbocycles. The third-order valence-electron chi connectivity index (χ3n) is 19.0. The number of rotatable bonds is 86. The third-order valence-corrected chi connectivity index (χ3v) is 20.9. The van der Waals surface area contributed by atoms with E-state index in [1.165, 1.54) is 83.5 Å². The van der Waals surface area contributed by atoms with Crippen LogP contribution in [-0.4, -0.2) is 95.9 Å². The van der Waals surface area contributed by atoms with Gasteiger partial charge in [-0.05, 0) is 167 Å². The van der Waals surface area contributed by atoms with Crippen LogP contribution in [0.25, 0.3) is 0 Å². The number of aliphatic hydroxyl groups excluding tert-OH is 2. The molecule has 0 saturated heterocycles. The number of esters is 3. The van der Waals surface area contributed by atoms with E-state index in [0.717, 1.165) is 212 Å². The van der Waals surface area contributed by atoms with Crippen LogP contribution >= 0.6 is 15.6 Å². The summed E-state index contributed by atoms with van der Waals surface area (Å²) >= 11 is 0. The van der Waals surface area contributed by atoms with Crippen LogP contribution in [0.4, 0.5) is 0 Å². The summed E-state index contributed by atoms with van der Waals surface area (Å²) in [5.74, 6) is -1.61. The van der Waals surface area contributed by atoms with Crippen LogP contribution in [0.5, 0.6) is 0 Å². The Bertz CT molecular complexity index is 2990. The summed E-state index contributed by atoms with van der Waals surface area (Å²) in [7, 11) is -9.83. The van der Waals surface area contributed by atoms with Crippen LogP contribution in [-0.2, 0) is 55.8 Å². The second kappa shape index (κ2) is 91.3. The number of allylic oxidation sites excluding steroid dienone is 34. The van der Waals surface area contributed by atoms with Gasteiger partial charge < -0.3 is 34.2 Å². The molecule has 0 rings (SSSR count). The van der Waals surface area contributed by atoms with E-state index in [2.05, 4.69) is 227 Å². The molecule has 0 aromatic heterocycles. The Balaban J connectivity index is 4.60. The van der Waals surface area contributed by atoms with Crippen molar-refractivity contribution >= 4 is 33.6 Å². The summed E-state index contributed by atoms with van der Waals surface area (Å²) in [6, 6.07) is 0. The number of ether oxygens (including phenoxy) is 3. The smallest absolute Gasteiger partial charge is 0.463 e. The maximum atomic E-state index is 13.1. The molecule has 4 N–H and O–H groups in total. The molecule has 0 radical (unpaired) electrons. The number of carbonyl (C=O) groups is 3. The minimum absolute atomic E-state index is 0.0805. The van der Waals surface area contributed by atoms with E-state index >= 15 is 0 Å². The predicted octanol–water partition coefficient (Wildman–Crippen LogP) is 28.8. The van der Waals surface area contributed by atoms with E-state index in [9.17, 15) is 43.5 Å². The summed E-state index contributed by atoms with van der Waals surface area (Å²) in [5.41, 5.74) is 0. The highest BCUT2D eigenvalue weighted by Crippen LogP contribution is 2.45. The van der Waals surface area contributed by atoms with E-state index < -0.39 is 91.5 Å². The van der Waals surface area contributed by atoms with Gasteiger partial charge >= 0.3 is 33.6 Å². The van der Waals surface area contributed by atoms with Crippen LogP contribution in [0.2, 0.25) is 0 Å². The first-order valence-electron chi connectivity index (χ1n) is 46.4. The van der Waals surface area contributed by atoms with E-state index in [1.807, 2.05) is 0 Å². The van der Waals surface area contributed by atoms with E-state index in [4.69, 9.17) is 32.3 Å². The van der Waals surface area contributed by atoms with Crippen LogP contribution in [0.3, 0.4) is 0 Å². The highest BCUT2D eigenvalue weighted by Gasteiger charge is 2.29. The van der Waals surface area contributed by atoms with Gasteiger partial charge in [-0.25, -0.2) is 9.13 Å². The summed E-state index contributed by atoms with van der Waals surface area (Å²) in [6.07, 6.45) is 123. The lowest BCUT2D eigenvalue weighted by Crippen LogP contribution is -2.30. The first-order valence-corrected chi connectivity index (χ1v) is 49.4. The van der Waals surface area contributed by atoms with Gasteiger partial charge in [-0.3, -0.25) is 32.5 Å². The average molecular weight is 1700 g/mol. The molecule has 0 fully saturated rings. The van der Waals surface area contributed by atoms with Crippen LogP contribution < -0.4 is 0 Å². The molecule has 0 amide bonds. The Labute approximate surface area is 724 Å². The molecule has 16 nitrogen and oxygen atoms in total. The zero-order valence-electron chi connectivity index (χ0n) is 74.5. The van der Waals surface area contributed by atoms with Gasteiger partial charge in [-0.2, -0.15) is 0 Å². The number of hydrogen-bond acceptors (Lipinski definition) is 14. The molecule has 5 atom stereocenters. The van der Waals surface area contributed by atoms with Gasteiger partial charge in [0, 0.05) is 19.3 Å². The van der Waals surface area contributed by atoms with Crippen molar-refractivity contribution in [3.8, 4) is 0 Å². The minimum atomic E-state index is -4.96. The fourth-order valence-corrected chi connectivity index (χ4v) is 13.7. The van der Waals surface area contributed by atoms with Gasteiger partial charge in [-0.15, -0.1) is 0 Å². The molecule has 119 heavy (non-hydrogen) atoms. The number of carbonyl (C=O) groups excluding carboxylic acids is 3. The number of phosphoric ester groups is 2. The summed E-state index contributed by atoms with van der Waals surface area (Å²) in [4.78, 5) is 59.0. The summed E-state index contributed by atoms with van der Waals surface area (Å²) < 4.78 is 61.5. The normalized spacial score (nSPS) is 14.7. The maximum absolute atomic E-state index is 13.1. The number of phosphoric acid groups is 2. The Morgan fingerprint density at radius 3 is 0.664 bits per heavy atom. The number of aliphatic hydroxyl groups is 2. The highest BCUT2D eigenvalue weighted by molar-refractivity contribution is 7.47. The van der Waals surface area contributed by atoms with Crippen LogP contribution in [0.1, 0.15) is 355 Å². The van der Waals surface area contributed by atoms with Gasteiger partial charge in [0.05, 0.1) is 26.4 Å². The van der Waals surface area contributed by atoms with Crippen molar-refractivity contribution in [3.05, 3.63) is 207 Å². The number of hydrogen-bond donors (Lipinski definition) is 4. The summed E-state index contributed by atoms with van der Waals surface area (Å²) in [6.45, 7) is 2.33. The molecule has 0 bridgehead atoms. The Morgan fingerprint density at radius 2 is 0.420 bits per heavy atom. The maximum Gasteiger partial charge on any atom is 0.472 e. The first-order chi connectivity index (χ1) is 58.2. The van der Waals surface area contributed by atoms with Gasteiger partial charge in [0.1, 0.15) is 25.4 Å². The van der Waals surface area contributed by atoms with Gasteiger partial charge in [-0.1, -0.05) is 375 Å². The summed E-state index contributed by atoms with van der Waals surface area (Å²) in [5, 5.41) is 20.7. The molecule has 18 heteroatoms. The van der Waals surface area contributed by atoms with Gasteiger partial charge in [0.15, 0.2) is 6.10 Å². The molecule has 0 aromatic rings. The molecule has 0 aliphatic heterocycles. The lowest BCUT2D eigenvalue weighted by Gasteiger charge is -2.21. The molecule has 0 aliphatic rings. The van der Waals surface area contributed by atoms with Crippen molar-refractivity contribution in [2.24, 2.45) is 0 Å². The molecule has 0 saturated carbocycles. The average Bonchev–Trinajstić information content (AvgIpc) is 0.912.